The Morgan fingerprint density at radius 1 is 1.35 bits per heavy atom. The predicted octanol–water partition coefficient (Wildman–Crippen LogP) is 3.69. The quantitative estimate of drug-likeness (QED) is 0.911. The van der Waals surface area contributed by atoms with Crippen LogP contribution in [0.3, 0.4) is 0 Å². The molecule has 0 saturated carbocycles. The largest absolute Gasteiger partial charge is 0.388 e. The Morgan fingerprint density at radius 3 is 2.80 bits per heavy atom. The Balaban J connectivity index is 2.08. The van der Waals surface area contributed by atoms with Gasteiger partial charge in [-0.05, 0) is 55.9 Å². The standard InChI is InChI=1S/C17H26N2O/c1-4-14-6-5-10-19(11-9-14)17(20)15-7-8-16(18-3)13(2)12-15/h7-8,12,14,18H,4-6,9-11H2,1-3H3. The van der Waals surface area contributed by atoms with Crippen LogP contribution in [-0.4, -0.2) is 30.9 Å². The fourth-order valence-electron chi connectivity index (χ4n) is 3.04. The van der Waals surface area contributed by atoms with Gasteiger partial charge in [0.25, 0.3) is 5.91 Å². The van der Waals surface area contributed by atoms with Crippen molar-refractivity contribution in [2.24, 2.45) is 5.92 Å². The van der Waals surface area contributed by atoms with E-state index < -0.39 is 0 Å². The Kier molecular flexibility index (Phi) is 5.05. The monoisotopic (exact) mass is 274 g/mol. The van der Waals surface area contributed by atoms with Crippen molar-refractivity contribution in [3.63, 3.8) is 0 Å². The van der Waals surface area contributed by atoms with Crippen LogP contribution < -0.4 is 5.32 Å². The van der Waals surface area contributed by atoms with Crippen molar-refractivity contribution in [3.8, 4) is 0 Å². The Hall–Kier alpha value is -1.51. The summed E-state index contributed by atoms with van der Waals surface area (Å²) in [5.74, 6) is 0.980. The van der Waals surface area contributed by atoms with Gasteiger partial charge in [-0.1, -0.05) is 13.3 Å². The molecule has 1 saturated heterocycles. The minimum absolute atomic E-state index is 0.188. The second-order valence-electron chi connectivity index (χ2n) is 5.78. The van der Waals surface area contributed by atoms with Crippen molar-refractivity contribution in [1.82, 2.24) is 4.90 Å². The molecule has 1 N–H and O–H groups in total. The molecule has 1 unspecified atom stereocenters. The van der Waals surface area contributed by atoms with Gasteiger partial charge in [-0.15, -0.1) is 0 Å². The fourth-order valence-corrected chi connectivity index (χ4v) is 3.04. The molecule has 1 fully saturated rings. The normalized spacial score (nSPS) is 19.6. The van der Waals surface area contributed by atoms with E-state index >= 15 is 0 Å². The van der Waals surface area contributed by atoms with Gasteiger partial charge in [-0.2, -0.15) is 0 Å². The third-order valence-electron chi connectivity index (χ3n) is 4.45. The number of carbonyl (C=O) groups excluding carboxylic acids is 1. The summed E-state index contributed by atoms with van der Waals surface area (Å²) >= 11 is 0. The highest BCUT2D eigenvalue weighted by molar-refractivity contribution is 5.95. The van der Waals surface area contributed by atoms with E-state index in [1.54, 1.807) is 0 Å². The van der Waals surface area contributed by atoms with E-state index in [2.05, 4.69) is 12.2 Å². The molecule has 1 heterocycles. The van der Waals surface area contributed by atoms with Crippen molar-refractivity contribution in [2.45, 2.75) is 39.5 Å². The number of likely N-dealkylation sites (tertiary alicyclic amines) is 1. The van der Waals surface area contributed by atoms with Crippen LogP contribution in [0.1, 0.15) is 48.5 Å². The summed E-state index contributed by atoms with van der Waals surface area (Å²) in [6.07, 6.45) is 4.78. The number of hydrogen-bond donors (Lipinski definition) is 1. The van der Waals surface area contributed by atoms with Crippen LogP contribution >= 0.6 is 0 Å². The number of nitrogens with zero attached hydrogens (tertiary/aromatic N) is 1. The van der Waals surface area contributed by atoms with E-state index in [-0.39, 0.29) is 5.91 Å². The molecule has 0 bridgehead atoms. The maximum Gasteiger partial charge on any atom is 0.253 e. The third kappa shape index (κ3) is 3.33. The molecule has 1 atom stereocenters. The molecular weight excluding hydrogens is 248 g/mol. The highest BCUT2D eigenvalue weighted by Gasteiger charge is 2.21. The predicted molar refractivity (Wildman–Crippen MR) is 84.3 cm³/mol. The average Bonchev–Trinajstić information content (AvgIpc) is 2.71. The molecule has 0 aliphatic carbocycles. The molecule has 0 aromatic heterocycles. The Bertz CT molecular complexity index is 470. The summed E-state index contributed by atoms with van der Waals surface area (Å²) in [5.41, 5.74) is 3.03. The molecule has 3 nitrogen and oxygen atoms in total. The lowest BCUT2D eigenvalue weighted by atomic mass is 9.98. The zero-order valence-corrected chi connectivity index (χ0v) is 12.9. The van der Waals surface area contributed by atoms with Crippen molar-refractivity contribution in [3.05, 3.63) is 29.3 Å². The van der Waals surface area contributed by atoms with Crippen LogP contribution in [0.15, 0.2) is 18.2 Å². The zero-order valence-electron chi connectivity index (χ0n) is 12.9. The van der Waals surface area contributed by atoms with E-state index in [1.165, 1.54) is 12.8 Å². The highest BCUT2D eigenvalue weighted by Crippen LogP contribution is 2.22. The second-order valence-corrected chi connectivity index (χ2v) is 5.78. The van der Waals surface area contributed by atoms with E-state index in [9.17, 15) is 4.79 Å². The topological polar surface area (TPSA) is 32.3 Å². The first-order valence-electron chi connectivity index (χ1n) is 7.73. The zero-order chi connectivity index (χ0) is 14.5. The van der Waals surface area contributed by atoms with Gasteiger partial charge >= 0.3 is 0 Å². The summed E-state index contributed by atoms with van der Waals surface area (Å²) in [6.45, 7) is 6.10. The molecule has 0 spiro atoms. The molecule has 3 heteroatoms. The molecule has 110 valence electrons. The number of nitrogens with one attached hydrogen (secondary N) is 1. The maximum atomic E-state index is 12.6. The maximum absolute atomic E-state index is 12.6. The number of amides is 1. The van der Waals surface area contributed by atoms with Crippen molar-refractivity contribution >= 4 is 11.6 Å². The lowest BCUT2D eigenvalue weighted by molar-refractivity contribution is 0.0760. The van der Waals surface area contributed by atoms with Crippen LogP contribution in [0.2, 0.25) is 0 Å². The van der Waals surface area contributed by atoms with E-state index in [4.69, 9.17) is 0 Å². The molecule has 0 radical (unpaired) electrons. The van der Waals surface area contributed by atoms with Crippen LogP contribution in [-0.2, 0) is 0 Å². The van der Waals surface area contributed by atoms with E-state index in [0.29, 0.717) is 0 Å². The van der Waals surface area contributed by atoms with Gasteiger partial charge < -0.3 is 10.2 Å². The third-order valence-corrected chi connectivity index (χ3v) is 4.45. The summed E-state index contributed by atoms with van der Waals surface area (Å²) in [4.78, 5) is 14.6. The number of anilines is 1. The second kappa shape index (κ2) is 6.78. The number of hydrogen-bond acceptors (Lipinski definition) is 2. The average molecular weight is 274 g/mol. The summed E-state index contributed by atoms with van der Waals surface area (Å²) in [7, 11) is 1.91. The van der Waals surface area contributed by atoms with Crippen molar-refractivity contribution in [1.29, 1.82) is 0 Å². The van der Waals surface area contributed by atoms with Crippen LogP contribution in [0.4, 0.5) is 5.69 Å². The van der Waals surface area contributed by atoms with E-state index in [0.717, 1.165) is 48.7 Å². The van der Waals surface area contributed by atoms with Crippen LogP contribution in [0.5, 0.6) is 0 Å². The van der Waals surface area contributed by atoms with Gasteiger partial charge in [0.05, 0.1) is 0 Å². The smallest absolute Gasteiger partial charge is 0.253 e. The first-order chi connectivity index (χ1) is 9.65. The van der Waals surface area contributed by atoms with Gasteiger partial charge in [0, 0.05) is 31.4 Å². The number of benzene rings is 1. The minimum Gasteiger partial charge on any atom is -0.388 e. The number of aryl methyl sites for hydroxylation is 1. The first-order valence-corrected chi connectivity index (χ1v) is 7.73. The number of carbonyl (C=O) groups is 1. The van der Waals surface area contributed by atoms with Gasteiger partial charge in [0.1, 0.15) is 0 Å². The molecule has 1 aliphatic heterocycles. The summed E-state index contributed by atoms with van der Waals surface area (Å²) < 4.78 is 0. The van der Waals surface area contributed by atoms with Gasteiger partial charge in [0.15, 0.2) is 0 Å². The molecular formula is C17H26N2O. The molecule has 1 aromatic rings. The highest BCUT2D eigenvalue weighted by atomic mass is 16.2. The summed E-state index contributed by atoms with van der Waals surface area (Å²) in [5, 5.41) is 3.14. The molecule has 2 rings (SSSR count). The minimum atomic E-state index is 0.188. The molecule has 1 aliphatic rings. The Morgan fingerprint density at radius 2 is 2.15 bits per heavy atom. The van der Waals surface area contributed by atoms with Gasteiger partial charge in [-0.25, -0.2) is 0 Å². The van der Waals surface area contributed by atoms with Gasteiger partial charge in [-0.3, -0.25) is 4.79 Å². The van der Waals surface area contributed by atoms with Crippen molar-refractivity contribution in [2.75, 3.05) is 25.5 Å². The molecule has 20 heavy (non-hydrogen) atoms. The number of rotatable bonds is 3. The molecule has 1 amide bonds. The van der Waals surface area contributed by atoms with Crippen LogP contribution in [0, 0.1) is 12.8 Å². The van der Waals surface area contributed by atoms with Gasteiger partial charge in [0.2, 0.25) is 0 Å². The lowest BCUT2D eigenvalue weighted by Gasteiger charge is -2.21. The van der Waals surface area contributed by atoms with Crippen LogP contribution in [0.25, 0.3) is 0 Å². The molecule has 1 aromatic carbocycles. The summed E-state index contributed by atoms with van der Waals surface area (Å²) in [6, 6.07) is 5.93. The lowest BCUT2D eigenvalue weighted by Crippen LogP contribution is -2.32. The van der Waals surface area contributed by atoms with Crippen molar-refractivity contribution < 1.29 is 4.79 Å². The fraction of sp³-hybridized carbons (Fsp3) is 0.588. The first kappa shape index (κ1) is 14.9. The van der Waals surface area contributed by atoms with E-state index in [1.807, 2.05) is 37.1 Å². The Labute approximate surface area is 122 Å². The SMILES string of the molecule is CCC1CCCN(C(=O)c2ccc(NC)c(C)c2)CC1.